The summed E-state index contributed by atoms with van der Waals surface area (Å²) < 4.78 is 0. The van der Waals surface area contributed by atoms with Crippen molar-refractivity contribution < 1.29 is 19.5 Å². The Labute approximate surface area is 168 Å². The molecule has 1 aliphatic carbocycles. The zero-order valence-electron chi connectivity index (χ0n) is 15.9. The van der Waals surface area contributed by atoms with Crippen LogP contribution in [-0.2, 0) is 9.59 Å². The Bertz CT molecular complexity index is 962. The van der Waals surface area contributed by atoms with Crippen molar-refractivity contribution in [2.45, 2.75) is 43.2 Å². The predicted molar refractivity (Wildman–Crippen MR) is 107 cm³/mol. The van der Waals surface area contributed by atoms with Gasteiger partial charge < -0.3 is 16.2 Å². The summed E-state index contributed by atoms with van der Waals surface area (Å²) in [5.41, 5.74) is 6.39. The van der Waals surface area contributed by atoms with Crippen LogP contribution in [0.15, 0.2) is 48.8 Å². The summed E-state index contributed by atoms with van der Waals surface area (Å²) in [6.45, 7) is 0. The molecule has 1 saturated carbocycles. The van der Waals surface area contributed by atoms with Crippen LogP contribution in [0.5, 0.6) is 0 Å². The summed E-state index contributed by atoms with van der Waals surface area (Å²) in [4.78, 5) is 41.6. The molecule has 0 amide bonds. The van der Waals surface area contributed by atoms with Gasteiger partial charge in [-0.05, 0) is 42.5 Å². The van der Waals surface area contributed by atoms with Crippen molar-refractivity contribution in [2.24, 2.45) is 11.7 Å². The number of Topliss-reactive ketones (excluding diaryl/α,β-unsaturated/α-hetero) is 2. The van der Waals surface area contributed by atoms with Crippen LogP contribution in [0.4, 0.5) is 5.69 Å². The highest BCUT2D eigenvalue weighted by Crippen LogP contribution is 2.50. The van der Waals surface area contributed by atoms with Crippen LogP contribution in [0, 0.1) is 5.92 Å². The second-order valence-corrected chi connectivity index (χ2v) is 7.93. The average molecular weight is 393 g/mol. The van der Waals surface area contributed by atoms with E-state index < -0.39 is 35.4 Å². The number of carboxylic acid groups (broad SMARTS) is 1. The number of nitrogens with two attached hydrogens (primary N) is 1. The minimum atomic E-state index is -1.87. The number of nitrogens with zero attached hydrogens (tertiary/aromatic N) is 1. The minimum Gasteiger partial charge on any atom is -0.480 e. The van der Waals surface area contributed by atoms with Gasteiger partial charge in [-0.3, -0.25) is 19.4 Å². The van der Waals surface area contributed by atoms with E-state index in [9.17, 15) is 19.5 Å². The van der Waals surface area contributed by atoms with Crippen molar-refractivity contribution in [1.29, 1.82) is 0 Å². The van der Waals surface area contributed by atoms with Crippen molar-refractivity contribution in [1.82, 2.24) is 4.98 Å². The second-order valence-electron chi connectivity index (χ2n) is 7.93. The predicted octanol–water partition coefficient (Wildman–Crippen LogP) is 2.38. The molecule has 0 bridgehead atoms. The first-order valence-corrected chi connectivity index (χ1v) is 9.77. The lowest BCUT2D eigenvalue weighted by atomic mass is 9.66. The van der Waals surface area contributed by atoms with Crippen molar-refractivity contribution in [2.75, 3.05) is 5.32 Å². The Hall–Kier alpha value is -3.06. The number of carbonyl (C=O) groups is 3. The Morgan fingerprint density at radius 2 is 1.97 bits per heavy atom. The first-order chi connectivity index (χ1) is 13.9. The fraction of sp³-hybridized carbons (Fsp3) is 0.364. The molecule has 1 aromatic heterocycles. The SMILES string of the molecule is NC(CC(=O)C(=O)c1cccnc1)(C(=O)O)C1c2ccccc2N[C@@H]2CCC[C@H]12. The fourth-order valence-corrected chi connectivity index (χ4v) is 4.88. The second kappa shape index (κ2) is 7.40. The molecule has 2 unspecified atom stereocenters. The molecule has 4 N–H and O–H groups in total. The Balaban J connectivity index is 1.71. The van der Waals surface area contributed by atoms with E-state index in [1.807, 2.05) is 24.3 Å². The van der Waals surface area contributed by atoms with Crippen LogP contribution in [-0.4, -0.2) is 39.2 Å². The lowest BCUT2D eigenvalue weighted by Gasteiger charge is -2.44. The quantitative estimate of drug-likeness (QED) is 0.509. The van der Waals surface area contributed by atoms with E-state index in [1.165, 1.54) is 18.5 Å². The maximum atomic E-state index is 12.8. The molecule has 29 heavy (non-hydrogen) atoms. The molecule has 1 aromatic carbocycles. The number of carboxylic acids is 1. The van der Waals surface area contributed by atoms with Gasteiger partial charge in [0.05, 0.1) is 0 Å². The first-order valence-electron chi connectivity index (χ1n) is 9.77. The van der Waals surface area contributed by atoms with Gasteiger partial charge >= 0.3 is 5.97 Å². The standard InChI is InChI=1S/C22H23N3O4/c23-22(21(28)29,11-18(26)20(27)13-5-4-10-24-12-13)19-14-6-1-2-8-16(14)25-17-9-3-7-15(17)19/h1-2,4-6,8,10,12,15,17,19,25H,3,7,9,11,23H2,(H,28,29)/t15-,17+,19?,22?/m0/s1. The highest BCUT2D eigenvalue weighted by atomic mass is 16.4. The number of aliphatic carboxylic acids is 1. The van der Waals surface area contributed by atoms with Gasteiger partial charge in [0, 0.05) is 42.0 Å². The molecule has 0 saturated heterocycles. The van der Waals surface area contributed by atoms with E-state index in [2.05, 4.69) is 10.3 Å². The van der Waals surface area contributed by atoms with Crippen molar-refractivity contribution in [3.8, 4) is 0 Å². The largest absolute Gasteiger partial charge is 0.480 e. The van der Waals surface area contributed by atoms with E-state index in [0.29, 0.717) is 0 Å². The lowest BCUT2D eigenvalue weighted by Crippen LogP contribution is -2.59. The zero-order chi connectivity index (χ0) is 20.6. The number of para-hydroxylation sites is 1. The molecule has 150 valence electrons. The molecule has 2 aromatic rings. The molecule has 4 atom stereocenters. The average Bonchev–Trinajstić information content (AvgIpc) is 3.19. The van der Waals surface area contributed by atoms with E-state index in [-0.39, 0.29) is 17.5 Å². The number of rotatable bonds is 6. The number of hydrogen-bond acceptors (Lipinski definition) is 6. The van der Waals surface area contributed by atoms with Crippen LogP contribution in [0.3, 0.4) is 0 Å². The topological polar surface area (TPSA) is 122 Å². The molecule has 1 fully saturated rings. The Morgan fingerprint density at radius 1 is 1.17 bits per heavy atom. The minimum absolute atomic E-state index is 0.00714. The number of aromatic nitrogens is 1. The van der Waals surface area contributed by atoms with Crippen LogP contribution in [0.25, 0.3) is 0 Å². The summed E-state index contributed by atoms with van der Waals surface area (Å²) in [5.74, 6) is -3.41. The highest BCUT2D eigenvalue weighted by molar-refractivity contribution is 6.44. The van der Waals surface area contributed by atoms with E-state index in [4.69, 9.17) is 5.73 Å². The van der Waals surface area contributed by atoms with E-state index >= 15 is 0 Å². The third-order valence-corrected chi connectivity index (χ3v) is 6.22. The Kier molecular flexibility index (Phi) is 4.92. The van der Waals surface area contributed by atoms with Gasteiger partial charge in [0.1, 0.15) is 5.54 Å². The highest BCUT2D eigenvalue weighted by Gasteiger charge is 2.53. The summed E-state index contributed by atoms with van der Waals surface area (Å²) in [6.07, 6.45) is 4.95. The van der Waals surface area contributed by atoms with Gasteiger partial charge in [0.2, 0.25) is 11.6 Å². The molecular formula is C22H23N3O4. The van der Waals surface area contributed by atoms with Gasteiger partial charge in [-0.15, -0.1) is 0 Å². The number of benzene rings is 1. The van der Waals surface area contributed by atoms with Gasteiger partial charge in [-0.2, -0.15) is 0 Å². The molecule has 2 heterocycles. The van der Waals surface area contributed by atoms with Crippen molar-refractivity contribution in [3.05, 3.63) is 59.9 Å². The number of ketones is 2. The third-order valence-electron chi connectivity index (χ3n) is 6.22. The summed E-state index contributed by atoms with van der Waals surface area (Å²) in [6, 6.07) is 10.6. The number of nitrogens with one attached hydrogen (secondary N) is 1. The summed E-state index contributed by atoms with van der Waals surface area (Å²) in [7, 11) is 0. The number of fused-ring (bicyclic) bond motifs is 2. The molecular weight excluding hydrogens is 370 g/mol. The third kappa shape index (κ3) is 3.31. The Morgan fingerprint density at radius 3 is 2.69 bits per heavy atom. The maximum Gasteiger partial charge on any atom is 0.324 e. The molecule has 7 nitrogen and oxygen atoms in total. The van der Waals surface area contributed by atoms with Crippen LogP contribution in [0.2, 0.25) is 0 Å². The van der Waals surface area contributed by atoms with E-state index in [1.54, 1.807) is 6.07 Å². The first kappa shape index (κ1) is 19.3. The normalized spacial score (nSPS) is 24.5. The smallest absolute Gasteiger partial charge is 0.324 e. The molecule has 4 rings (SSSR count). The van der Waals surface area contributed by atoms with Crippen molar-refractivity contribution in [3.63, 3.8) is 0 Å². The maximum absolute atomic E-state index is 12.8. The number of pyridine rings is 1. The van der Waals surface area contributed by atoms with Crippen LogP contribution >= 0.6 is 0 Å². The lowest BCUT2D eigenvalue weighted by molar-refractivity contribution is -0.146. The van der Waals surface area contributed by atoms with Gasteiger partial charge in [0.25, 0.3) is 0 Å². The van der Waals surface area contributed by atoms with E-state index in [0.717, 1.165) is 30.5 Å². The van der Waals surface area contributed by atoms with Gasteiger partial charge in [-0.1, -0.05) is 24.6 Å². The number of hydrogen-bond donors (Lipinski definition) is 3. The number of anilines is 1. The molecule has 0 spiro atoms. The summed E-state index contributed by atoms with van der Waals surface area (Å²) >= 11 is 0. The molecule has 1 aliphatic heterocycles. The van der Waals surface area contributed by atoms with Gasteiger partial charge in [0.15, 0.2) is 0 Å². The zero-order valence-corrected chi connectivity index (χ0v) is 15.9. The van der Waals surface area contributed by atoms with Gasteiger partial charge in [-0.25, -0.2) is 0 Å². The summed E-state index contributed by atoms with van der Waals surface area (Å²) in [5, 5.41) is 13.6. The number of carbonyl (C=O) groups excluding carboxylic acids is 2. The molecule has 2 aliphatic rings. The monoisotopic (exact) mass is 393 g/mol. The van der Waals surface area contributed by atoms with Crippen LogP contribution in [0.1, 0.15) is 47.5 Å². The van der Waals surface area contributed by atoms with Crippen LogP contribution < -0.4 is 11.1 Å². The molecule has 0 radical (unpaired) electrons. The van der Waals surface area contributed by atoms with Crippen molar-refractivity contribution >= 4 is 23.2 Å². The fourth-order valence-electron chi connectivity index (χ4n) is 4.88. The molecule has 7 heteroatoms.